The third-order valence-corrected chi connectivity index (χ3v) is 3.87. The number of carbonyl (C=O) groups is 2. The maximum atomic E-state index is 12.1. The van der Waals surface area contributed by atoms with Gasteiger partial charge < -0.3 is 20.4 Å². The Hall–Kier alpha value is -1.30. The van der Waals surface area contributed by atoms with E-state index in [2.05, 4.69) is 10.6 Å². The highest BCUT2D eigenvalue weighted by atomic mass is 16.2. The number of rotatable bonds is 3. The second-order valence-electron chi connectivity index (χ2n) is 5.27. The summed E-state index contributed by atoms with van der Waals surface area (Å²) in [5, 5.41) is 6.08. The SMILES string of the molecule is CCNC(=O)N1CCN(C(=O)CC2CCNC2)CC1. The van der Waals surface area contributed by atoms with Gasteiger partial charge in [-0.25, -0.2) is 4.79 Å². The van der Waals surface area contributed by atoms with Crippen LogP contribution in [0.5, 0.6) is 0 Å². The van der Waals surface area contributed by atoms with E-state index in [1.807, 2.05) is 11.8 Å². The lowest BCUT2D eigenvalue weighted by molar-refractivity contribution is -0.133. The number of nitrogens with one attached hydrogen (secondary N) is 2. The second kappa shape index (κ2) is 6.75. The molecule has 6 heteroatoms. The van der Waals surface area contributed by atoms with Crippen LogP contribution in [0.2, 0.25) is 0 Å². The molecule has 2 fully saturated rings. The molecule has 2 saturated heterocycles. The zero-order chi connectivity index (χ0) is 13.7. The fourth-order valence-corrected chi connectivity index (χ4v) is 2.69. The van der Waals surface area contributed by atoms with Crippen LogP contribution in [0.1, 0.15) is 19.8 Å². The number of nitrogens with zero attached hydrogens (tertiary/aromatic N) is 2. The van der Waals surface area contributed by atoms with Gasteiger partial charge in [-0.3, -0.25) is 4.79 Å². The molecular weight excluding hydrogens is 244 g/mol. The Bertz CT molecular complexity index is 321. The van der Waals surface area contributed by atoms with Crippen LogP contribution in [0.15, 0.2) is 0 Å². The first-order chi connectivity index (χ1) is 9.20. The lowest BCUT2D eigenvalue weighted by Gasteiger charge is -2.35. The molecule has 0 aromatic carbocycles. The molecular formula is C13H24N4O2. The molecule has 0 spiro atoms. The molecule has 0 aliphatic carbocycles. The van der Waals surface area contributed by atoms with Gasteiger partial charge in [-0.1, -0.05) is 0 Å². The smallest absolute Gasteiger partial charge is 0.317 e. The Morgan fingerprint density at radius 2 is 1.89 bits per heavy atom. The summed E-state index contributed by atoms with van der Waals surface area (Å²) in [6.45, 7) is 7.15. The van der Waals surface area contributed by atoms with E-state index in [0.29, 0.717) is 45.1 Å². The van der Waals surface area contributed by atoms with Crippen LogP contribution in [0.3, 0.4) is 0 Å². The number of amides is 3. The molecule has 19 heavy (non-hydrogen) atoms. The largest absolute Gasteiger partial charge is 0.339 e. The van der Waals surface area contributed by atoms with Crippen LogP contribution in [0, 0.1) is 5.92 Å². The van der Waals surface area contributed by atoms with E-state index in [1.165, 1.54) is 0 Å². The minimum Gasteiger partial charge on any atom is -0.339 e. The Labute approximate surface area is 114 Å². The van der Waals surface area contributed by atoms with E-state index in [-0.39, 0.29) is 11.9 Å². The molecule has 0 radical (unpaired) electrons. The minimum absolute atomic E-state index is 0.0189. The molecule has 3 amide bonds. The topological polar surface area (TPSA) is 64.7 Å². The molecule has 1 unspecified atom stereocenters. The lowest BCUT2D eigenvalue weighted by Crippen LogP contribution is -2.53. The third kappa shape index (κ3) is 3.83. The van der Waals surface area contributed by atoms with Gasteiger partial charge in [0.15, 0.2) is 0 Å². The molecule has 2 rings (SSSR count). The van der Waals surface area contributed by atoms with Crippen molar-refractivity contribution in [2.75, 3.05) is 45.8 Å². The van der Waals surface area contributed by atoms with Crippen molar-refractivity contribution in [2.45, 2.75) is 19.8 Å². The van der Waals surface area contributed by atoms with Crippen LogP contribution < -0.4 is 10.6 Å². The predicted octanol–water partition coefficient (Wildman–Crippen LogP) is -0.140. The first kappa shape index (κ1) is 14.1. The molecule has 2 heterocycles. The Kier molecular flexibility index (Phi) is 5.01. The molecule has 2 aliphatic rings. The van der Waals surface area contributed by atoms with E-state index in [1.54, 1.807) is 4.90 Å². The van der Waals surface area contributed by atoms with Crippen molar-refractivity contribution in [1.29, 1.82) is 0 Å². The molecule has 0 bridgehead atoms. The summed E-state index contributed by atoms with van der Waals surface area (Å²) in [6, 6.07) is -0.0189. The summed E-state index contributed by atoms with van der Waals surface area (Å²) in [7, 11) is 0. The van der Waals surface area contributed by atoms with E-state index in [9.17, 15) is 9.59 Å². The summed E-state index contributed by atoms with van der Waals surface area (Å²) >= 11 is 0. The van der Waals surface area contributed by atoms with Gasteiger partial charge >= 0.3 is 6.03 Å². The average Bonchev–Trinajstić information content (AvgIpc) is 2.92. The van der Waals surface area contributed by atoms with Crippen molar-refractivity contribution < 1.29 is 9.59 Å². The molecule has 0 aromatic heterocycles. The van der Waals surface area contributed by atoms with Gasteiger partial charge in [0.2, 0.25) is 5.91 Å². The van der Waals surface area contributed by atoms with E-state index < -0.39 is 0 Å². The van der Waals surface area contributed by atoms with Gasteiger partial charge in [0, 0.05) is 39.1 Å². The molecule has 0 aromatic rings. The van der Waals surface area contributed by atoms with Crippen LogP contribution in [0.25, 0.3) is 0 Å². The maximum Gasteiger partial charge on any atom is 0.317 e. The molecule has 1 atom stereocenters. The van der Waals surface area contributed by atoms with Gasteiger partial charge in [-0.05, 0) is 32.4 Å². The zero-order valence-corrected chi connectivity index (χ0v) is 11.7. The monoisotopic (exact) mass is 268 g/mol. The zero-order valence-electron chi connectivity index (χ0n) is 11.7. The maximum absolute atomic E-state index is 12.1. The highest BCUT2D eigenvalue weighted by Crippen LogP contribution is 2.14. The molecule has 0 saturated carbocycles. The van der Waals surface area contributed by atoms with Crippen molar-refractivity contribution in [3.63, 3.8) is 0 Å². The van der Waals surface area contributed by atoms with Crippen molar-refractivity contribution >= 4 is 11.9 Å². The van der Waals surface area contributed by atoms with Gasteiger partial charge in [0.05, 0.1) is 0 Å². The lowest BCUT2D eigenvalue weighted by atomic mass is 10.0. The first-order valence-electron chi connectivity index (χ1n) is 7.22. The van der Waals surface area contributed by atoms with Crippen LogP contribution >= 0.6 is 0 Å². The van der Waals surface area contributed by atoms with Gasteiger partial charge in [-0.15, -0.1) is 0 Å². The summed E-state index contributed by atoms with van der Waals surface area (Å²) in [5.41, 5.74) is 0. The van der Waals surface area contributed by atoms with E-state index in [4.69, 9.17) is 0 Å². The van der Waals surface area contributed by atoms with Gasteiger partial charge in [0.25, 0.3) is 0 Å². The Morgan fingerprint density at radius 3 is 2.47 bits per heavy atom. The first-order valence-corrected chi connectivity index (χ1v) is 7.22. The Balaban J connectivity index is 1.72. The third-order valence-electron chi connectivity index (χ3n) is 3.87. The summed E-state index contributed by atoms with van der Waals surface area (Å²) in [5.74, 6) is 0.734. The highest BCUT2D eigenvalue weighted by molar-refractivity contribution is 5.78. The van der Waals surface area contributed by atoms with E-state index in [0.717, 1.165) is 19.5 Å². The van der Waals surface area contributed by atoms with Gasteiger partial charge in [-0.2, -0.15) is 0 Å². The summed E-state index contributed by atoms with van der Waals surface area (Å²) in [6.07, 6.45) is 1.75. The average molecular weight is 268 g/mol. The summed E-state index contributed by atoms with van der Waals surface area (Å²) in [4.78, 5) is 27.5. The number of piperazine rings is 1. The molecule has 2 aliphatic heterocycles. The van der Waals surface area contributed by atoms with Crippen LogP contribution in [-0.4, -0.2) is 67.6 Å². The highest BCUT2D eigenvalue weighted by Gasteiger charge is 2.26. The van der Waals surface area contributed by atoms with Crippen molar-refractivity contribution in [1.82, 2.24) is 20.4 Å². The van der Waals surface area contributed by atoms with Crippen molar-refractivity contribution in [3.8, 4) is 0 Å². The summed E-state index contributed by atoms with van der Waals surface area (Å²) < 4.78 is 0. The second-order valence-corrected chi connectivity index (χ2v) is 5.27. The van der Waals surface area contributed by atoms with Gasteiger partial charge in [0.1, 0.15) is 0 Å². The normalized spacial score (nSPS) is 23.5. The quantitative estimate of drug-likeness (QED) is 0.749. The Morgan fingerprint density at radius 1 is 1.21 bits per heavy atom. The van der Waals surface area contributed by atoms with E-state index >= 15 is 0 Å². The van der Waals surface area contributed by atoms with Crippen molar-refractivity contribution in [2.24, 2.45) is 5.92 Å². The fourth-order valence-electron chi connectivity index (χ4n) is 2.69. The predicted molar refractivity (Wildman–Crippen MR) is 72.8 cm³/mol. The van der Waals surface area contributed by atoms with Crippen LogP contribution in [0.4, 0.5) is 4.79 Å². The number of hydrogen-bond acceptors (Lipinski definition) is 3. The number of carbonyl (C=O) groups excluding carboxylic acids is 2. The molecule has 2 N–H and O–H groups in total. The number of urea groups is 1. The fraction of sp³-hybridized carbons (Fsp3) is 0.846. The molecule has 108 valence electrons. The standard InChI is InChI=1S/C13H24N4O2/c1-2-15-13(19)17-7-5-16(6-8-17)12(18)9-11-3-4-14-10-11/h11,14H,2-10H2,1H3,(H,15,19). The van der Waals surface area contributed by atoms with Crippen molar-refractivity contribution in [3.05, 3.63) is 0 Å². The molecule has 6 nitrogen and oxygen atoms in total. The van der Waals surface area contributed by atoms with Crippen LogP contribution in [-0.2, 0) is 4.79 Å². The minimum atomic E-state index is -0.0189. The number of hydrogen-bond donors (Lipinski definition) is 2.